The number of nitrogens with zero attached hydrogens (tertiary/aromatic N) is 1. The second-order valence-electron chi connectivity index (χ2n) is 12.2. The molecular formula is C46H39N. The van der Waals surface area contributed by atoms with Crippen molar-refractivity contribution in [2.24, 2.45) is 0 Å². The minimum Gasteiger partial charge on any atom is -0.334 e. The van der Waals surface area contributed by atoms with Gasteiger partial charge in [0.05, 0.1) is 6.04 Å². The predicted molar refractivity (Wildman–Crippen MR) is 202 cm³/mol. The first-order valence-electron chi connectivity index (χ1n) is 16.5. The molecule has 8 rings (SSSR count). The van der Waals surface area contributed by atoms with Crippen LogP contribution >= 0.6 is 0 Å². The summed E-state index contributed by atoms with van der Waals surface area (Å²) < 4.78 is 0. The molecule has 1 aliphatic rings. The number of allylic oxidation sites excluding steroid dienone is 2. The average molecular weight is 606 g/mol. The van der Waals surface area contributed by atoms with E-state index in [2.05, 4.69) is 200 Å². The van der Waals surface area contributed by atoms with Crippen LogP contribution in [0.1, 0.15) is 28.7 Å². The lowest BCUT2D eigenvalue weighted by molar-refractivity contribution is 0.789. The molecule has 0 aliphatic heterocycles. The number of fused-ring (bicyclic) bond motifs is 2. The lowest BCUT2D eigenvalue weighted by Gasteiger charge is -2.34. The lowest BCUT2D eigenvalue weighted by Crippen LogP contribution is -2.30. The Bertz CT molecular complexity index is 2130. The van der Waals surface area contributed by atoms with E-state index in [1.165, 1.54) is 60.7 Å². The van der Waals surface area contributed by atoms with Gasteiger partial charge in [0.25, 0.3) is 0 Å². The van der Waals surface area contributed by atoms with Crippen LogP contribution in [0, 0.1) is 6.92 Å². The SMILES string of the molecule is Cc1ccc(C2=CCC(N(c3ccccc3)c3cccc4ccccc34)C=C2)cc1.c1ccc(Cc2cccc3ccccc23)cc1. The van der Waals surface area contributed by atoms with Gasteiger partial charge in [-0.05, 0) is 76.4 Å². The van der Waals surface area contributed by atoms with Crippen LogP contribution in [0.4, 0.5) is 11.4 Å². The summed E-state index contributed by atoms with van der Waals surface area (Å²) in [5.41, 5.74) is 9.11. The highest BCUT2D eigenvalue weighted by molar-refractivity contribution is 5.96. The summed E-state index contributed by atoms with van der Waals surface area (Å²) in [6.07, 6.45) is 8.97. The van der Waals surface area contributed by atoms with Gasteiger partial charge >= 0.3 is 0 Å². The van der Waals surface area contributed by atoms with E-state index in [9.17, 15) is 0 Å². The highest BCUT2D eigenvalue weighted by atomic mass is 15.2. The van der Waals surface area contributed by atoms with Gasteiger partial charge in [-0.25, -0.2) is 0 Å². The van der Waals surface area contributed by atoms with E-state index < -0.39 is 0 Å². The Kier molecular flexibility index (Phi) is 9.06. The molecule has 0 aromatic heterocycles. The molecule has 0 N–H and O–H groups in total. The summed E-state index contributed by atoms with van der Waals surface area (Å²) in [4.78, 5) is 2.47. The quantitative estimate of drug-likeness (QED) is 0.182. The van der Waals surface area contributed by atoms with Gasteiger partial charge in [-0.15, -0.1) is 0 Å². The highest BCUT2D eigenvalue weighted by Gasteiger charge is 2.22. The molecule has 47 heavy (non-hydrogen) atoms. The fraction of sp³-hybridized carbons (Fsp3) is 0.0870. The standard InChI is InChI=1S/C29H25N.C17H14/c1-22-14-16-23(17-15-22)24-18-20-27(21-19-24)30(26-10-3-2-4-11-26)29-13-7-9-25-8-5-6-12-28(25)29;1-2-7-14(8-3-1)13-16-11-6-10-15-9-4-5-12-17(15)16/h2-20,27H,21H2,1H3;1-12H,13H2. The first-order chi connectivity index (χ1) is 23.2. The van der Waals surface area contributed by atoms with Crippen molar-refractivity contribution in [3.63, 3.8) is 0 Å². The number of hydrogen-bond donors (Lipinski definition) is 0. The maximum absolute atomic E-state index is 2.47. The number of para-hydroxylation sites is 1. The van der Waals surface area contributed by atoms with Crippen LogP contribution in [-0.4, -0.2) is 6.04 Å². The van der Waals surface area contributed by atoms with Crippen LogP contribution in [0.25, 0.3) is 27.1 Å². The zero-order valence-corrected chi connectivity index (χ0v) is 26.8. The Labute approximate surface area is 278 Å². The van der Waals surface area contributed by atoms with Crippen LogP contribution in [0.5, 0.6) is 0 Å². The molecular weight excluding hydrogens is 567 g/mol. The maximum Gasteiger partial charge on any atom is 0.0560 e. The van der Waals surface area contributed by atoms with Gasteiger partial charge in [0.1, 0.15) is 0 Å². The fourth-order valence-corrected chi connectivity index (χ4v) is 6.54. The van der Waals surface area contributed by atoms with Crippen molar-refractivity contribution in [1.82, 2.24) is 0 Å². The van der Waals surface area contributed by atoms with Gasteiger partial charge in [-0.1, -0.05) is 175 Å². The molecule has 228 valence electrons. The molecule has 0 saturated heterocycles. The lowest BCUT2D eigenvalue weighted by atomic mass is 9.94. The molecule has 1 atom stereocenters. The highest BCUT2D eigenvalue weighted by Crippen LogP contribution is 2.37. The molecule has 0 amide bonds. The van der Waals surface area contributed by atoms with Gasteiger partial charge in [-0.3, -0.25) is 0 Å². The van der Waals surface area contributed by atoms with Crippen molar-refractivity contribution in [1.29, 1.82) is 0 Å². The van der Waals surface area contributed by atoms with Gasteiger partial charge in [0.15, 0.2) is 0 Å². The van der Waals surface area contributed by atoms with Crippen LogP contribution in [0.2, 0.25) is 0 Å². The molecule has 7 aromatic carbocycles. The second-order valence-corrected chi connectivity index (χ2v) is 12.2. The number of benzene rings is 7. The molecule has 1 nitrogen and oxygen atoms in total. The molecule has 1 unspecified atom stereocenters. The number of hydrogen-bond acceptors (Lipinski definition) is 1. The van der Waals surface area contributed by atoms with Gasteiger partial charge < -0.3 is 4.90 Å². The van der Waals surface area contributed by atoms with Crippen molar-refractivity contribution < 1.29 is 0 Å². The Morgan fingerprint density at radius 2 is 1.15 bits per heavy atom. The minimum absolute atomic E-state index is 0.271. The Morgan fingerprint density at radius 1 is 0.553 bits per heavy atom. The van der Waals surface area contributed by atoms with Crippen LogP contribution in [0.3, 0.4) is 0 Å². The van der Waals surface area contributed by atoms with E-state index in [-0.39, 0.29) is 6.04 Å². The van der Waals surface area contributed by atoms with E-state index in [0.717, 1.165) is 12.8 Å². The van der Waals surface area contributed by atoms with Crippen LogP contribution in [0.15, 0.2) is 188 Å². The van der Waals surface area contributed by atoms with Crippen LogP contribution < -0.4 is 4.90 Å². The van der Waals surface area contributed by atoms with Crippen molar-refractivity contribution in [2.75, 3.05) is 4.90 Å². The Balaban J connectivity index is 0.000000174. The molecule has 0 bridgehead atoms. The van der Waals surface area contributed by atoms with E-state index in [0.29, 0.717) is 0 Å². The smallest absolute Gasteiger partial charge is 0.0560 e. The molecule has 0 radical (unpaired) electrons. The molecule has 0 heterocycles. The number of aryl methyl sites for hydroxylation is 1. The van der Waals surface area contributed by atoms with E-state index in [1.54, 1.807) is 0 Å². The molecule has 7 aromatic rings. The first kappa shape index (κ1) is 30.0. The molecule has 0 spiro atoms. The van der Waals surface area contributed by atoms with Gasteiger partial charge in [-0.2, -0.15) is 0 Å². The fourth-order valence-electron chi connectivity index (χ4n) is 6.54. The zero-order chi connectivity index (χ0) is 31.8. The third-order valence-corrected chi connectivity index (χ3v) is 8.97. The van der Waals surface area contributed by atoms with Crippen LogP contribution in [-0.2, 0) is 6.42 Å². The Morgan fingerprint density at radius 3 is 1.85 bits per heavy atom. The Hall–Kier alpha value is -5.66. The summed E-state index contributed by atoms with van der Waals surface area (Å²) in [6.45, 7) is 2.13. The summed E-state index contributed by atoms with van der Waals surface area (Å²) in [5.74, 6) is 0. The summed E-state index contributed by atoms with van der Waals surface area (Å²) in [6, 6.07) is 60.7. The number of anilines is 2. The average Bonchev–Trinajstić information content (AvgIpc) is 3.14. The van der Waals surface area contributed by atoms with Crippen molar-refractivity contribution in [2.45, 2.75) is 25.8 Å². The monoisotopic (exact) mass is 605 g/mol. The summed E-state index contributed by atoms with van der Waals surface area (Å²) in [7, 11) is 0. The van der Waals surface area contributed by atoms with Crippen molar-refractivity contribution >= 4 is 38.5 Å². The van der Waals surface area contributed by atoms with Crippen molar-refractivity contribution in [3.8, 4) is 0 Å². The topological polar surface area (TPSA) is 3.24 Å². The normalized spacial score (nSPS) is 13.9. The van der Waals surface area contributed by atoms with Crippen molar-refractivity contribution in [3.05, 3.63) is 210 Å². The predicted octanol–water partition coefficient (Wildman–Crippen LogP) is 12.1. The van der Waals surface area contributed by atoms with E-state index in [4.69, 9.17) is 0 Å². The van der Waals surface area contributed by atoms with E-state index in [1.807, 2.05) is 0 Å². The van der Waals surface area contributed by atoms with Gasteiger partial charge in [0.2, 0.25) is 0 Å². The molecule has 1 aliphatic carbocycles. The minimum atomic E-state index is 0.271. The van der Waals surface area contributed by atoms with E-state index >= 15 is 0 Å². The van der Waals surface area contributed by atoms with Gasteiger partial charge in [0, 0.05) is 16.8 Å². The summed E-state index contributed by atoms with van der Waals surface area (Å²) >= 11 is 0. The number of rotatable bonds is 6. The third-order valence-electron chi connectivity index (χ3n) is 8.97. The molecule has 0 saturated carbocycles. The maximum atomic E-state index is 2.47. The first-order valence-corrected chi connectivity index (χ1v) is 16.5. The third kappa shape index (κ3) is 6.95. The summed E-state index contributed by atoms with van der Waals surface area (Å²) in [5, 5.41) is 5.23. The zero-order valence-electron chi connectivity index (χ0n) is 26.8. The molecule has 1 heteroatoms. The largest absolute Gasteiger partial charge is 0.334 e. The molecule has 0 fully saturated rings. The second kappa shape index (κ2) is 14.2.